The normalized spacial score (nSPS) is 12.6. The molecule has 1 unspecified atom stereocenters. The fourth-order valence-electron chi connectivity index (χ4n) is 1.09. The Hall–Kier alpha value is -0.840. The number of nitrogens with zero attached hydrogens (tertiary/aromatic N) is 2. The molecule has 0 saturated heterocycles. The molecule has 0 aliphatic rings. The molecule has 78 valence electrons. The molecular weight excluding hydrogens is 202 g/mol. The Morgan fingerprint density at radius 1 is 1.64 bits per heavy atom. The molecule has 4 nitrogen and oxygen atoms in total. The minimum absolute atomic E-state index is 0.154. The molecule has 14 heavy (non-hydrogen) atoms. The predicted molar refractivity (Wildman–Crippen MR) is 57.6 cm³/mol. The number of anilines is 1. The molecule has 1 atom stereocenters. The van der Waals surface area contributed by atoms with Crippen molar-refractivity contribution in [2.24, 2.45) is 5.73 Å². The Morgan fingerprint density at radius 2 is 2.29 bits per heavy atom. The van der Waals surface area contributed by atoms with E-state index in [1.807, 2.05) is 19.0 Å². The predicted octanol–water partition coefficient (Wildman–Crippen LogP) is 0.793. The lowest BCUT2D eigenvalue weighted by Crippen LogP contribution is -2.15. The van der Waals surface area contributed by atoms with Gasteiger partial charge in [-0.15, -0.1) is 0 Å². The monoisotopic (exact) mass is 215 g/mol. The van der Waals surface area contributed by atoms with Crippen molar-refractivity contribution < 1.29 is 5.11 Å². The maximum atomic E-state index is 9.48. The van der Waals surface area contributed by atoms with Gasteiger partial charge in [0.25, 0.3) is 0 Å². The first-order valence-corrected chi connectivity index (χ1v) is 4.65. The van der Waals surface area contributed by atoms with Crippen LogP contribution >= 0.6 is 11.6 Å². The molecule has 5 heteroatoms. The fraction of sp³-hybridized carbons (Fsp3) is 0.444. The van der Waals surface area contributed by atoms with Crippen LogP contribution in [0.3, 0.4) is 0 Å². The van der Waals surface area contributed by atoms with Gasteiger partial charge in [-0.3, -0.25) is 4.98 Å². The third-order valence-corrected chi connectivity index (χ3v) is 2.19. The van der Waals surface area contributed by atoms with Gasteiger partial charge in [-0.25, -0.2) is 0 Å². The second-order valence-electron chi connectivity index (χ2n) is 3.21. The summed E-state index contributed by atoms with van der Waals surface area (Å²) in [6.07, 6.45) is 0.788. The molecule has 0 saturated carbocycles. The first-order valence-electron chi connectivity index (χ1n) is 4.27. The zero-order valence-electron chi connectivity index (χ0n) is 8.24. The zero-order chi connectivity index (χ0) is 10.7. The number of aromatic nitrogens is 1. The van der Waals surface area contributed by atoms with Gasteiger partial charge in [0.2, 0.25) is 0 Å². The van der Waals surface area contributed by atoms with Crippen LogP contribution in [0.2, 0.25) is 5.02 Å². The number of aliphatic hydroxyl groups is 1. The lowest BCUT2D eigenvalue weighted by Gasteiger charge is -2.16. The van der Waals surface area contributed by atoms with E-state index in [1.165, 1.54) is 6.20 Å². The topological polar surface area (TPSA) is 62.4 Å². The Morgan fingerprint density at radius 3 is 2.79 bits per heavy atom. The molecule has 1 aromatic heterocycles. The molecular formula is C9H14ClN3O. The van der Waals surface area contributed by atoms with Crippen LogP contribution in [0.5, 0.6) is 0 Å². The second-order valence-corrected chi connectivity index (χ2v) is 3.61. The van der Waals surface area contributed by atoms with Gasteiger partial charge in [0.05, 0.1) is 16.4 Å². The molecule has 1 rings (SSSR count). The summed E-state index contributed by atoms with van der Waals surface area (Å²) in [5, 5.41) is 10.0. The average molecular weight is 216 g/mol. The molecule has 0 fully saturated rings. The van der Waals surface area contributed by atoms with E-state index in [0.717, 1.165) is 5.69 Å². The van der Waals surface area contributed by atoms with Crippen LogP contribution in [0.1, 0.15) is 11.8 Å². The summed E-state index contributed by atoms with van der Waals surface area (Å²) >= 11 is 5.92. The Kier molecular flexibility index (Phi) is 3.69. The summed E-state index contributed by atoms with van der Waals surface area (Å²) in [5.41, 5.74) is 6.70. The summed E-state index contributed by atoms with van der Waals surface area (Å²) in [5.74, 6) is 0. The highest BCUT2D eigenvalue weighted by atomic mass is 35.5. The molecule has 0 spiro atoms. The summed E-state index contributed by atoms with van der Waals surface area (Å²) in [6.45, 7) is 0.154. The molecule has 1 heterocycles. The maximum Gasteiger partial charge on any atom is 0.108 e. The van der Waals surface area contributed by atoms with Crippen molar-refractivity contribution in [2.75, 3.05) is 25.5 Å². The summed E-state index contributed by atoms with van der Waals surface area (Å²) in [4.78, 5) is 5.86. The fourth-order valence-corrected chi connectivity index (χ4v) is 1.36. The van der Waals surface area contributed by atoms with E-state index in [1.54, 1.807) is 6.07 Å². The summed E-state index contributed by atoms with van der Waals surface area (Å²) in [7, 11) is 3.75. The lowest BCUT2D eigenvalue weighted by atomic mass is 10.2. The summed E-state index contributed by atoms with van der Waals surface area (Å²) < 4.78 is 0. The second kappa shape index (κ2) is 4.59. The largest absolute Gasteiger partial charge is 0.385 e. The average Bonchev–Trinajstić information content (AvgIpc) is 2.17. The highest BCUT2D eigenvalue weighted by Crippen LogP contribution is 2.25. The molecule has 3 N–H and O–H groups in total. The van der Waals surface area contributed by atoms with Gasteiger partial charge in [-0.05, 0) is 6.07 Å². The lowest BCUT2D eigenvalue weighted by molar-refractivity contribution is 0.182. The number of nitrogens with two attached hydrogens (primary N) is 1. The van der Waals surface area contributed by atoms with Crippen LogP contribution in [-0.2, 0) is 0 Å². The van der Waals surface area contributed by atoms with E-state index in [4.69, 9.17) is 17.3 Å². The number of aliphatic hydroxyl groups excluding tert-OH is 1. The highest BCUT2D eigenvalue weighted by Gasteiger charge is 2.10. The molecule has 1 aromatic rings. The molecule has 0 bridgehead atoms. The van der Waals surface area contributed by atoms with Gasteiger partial charge < -0.3 is 15.7 Å². The van der Waals surface area contributed by atoms with Crippen molar-refractivity contribution in [3.8, 4) is 0 Å². The van der Waals surface area contributed by atoms with Crippen LogP contribution in [-0.4, -0.2) is 30.7 Å². The molecule has 0 aliphatic carbocycles. The van der Waals surface area contributed by atoms with Crippen LogP contribution in [0.15, 0.2) is 12.3 Å². The van der Waals surface area contributed by atoms with Gasteiger partial charge in [-0.1, -0.05) is 11.6 Å². The number of pyridine rings is 1. The van der Waals surface area contributed by atoms with Gasteiger partial charge in [0.1, 0.15) is 6.10 Å². The Bertz CT molecular complexity index is 317. The van der Waals surface area contributed by atoms with Gasteiger partial charge >= 0.3 is 0 Å². The number of hydrogen-bond acceptors (Lipinski definition) is 4. The van der Waals surface area contributed by atoms with Crippen LogP contribution in [0.4, 0.5) is 5.69 Å². The molecule has 0 aliphatic heterocycles. The maximum absolute atomic E-state index is 9.48. The standard InChI is InChI=1S/C9H14ClN3O/c1-13(2)8-3-7(9(14)4-11)12-5-6(8)10/h3,5,9,14H,4,11H2,1-2H3. The quantitative estimate of drug-likeness (QED) is 0.783. The van der Waals surface area contributed by atoms with E-state index < -0.39 is 6.10 Å². The van der Waals surface area contributed by atoms with E-state index >= 15 is 0 Å². The van der Waals surface area contributed by atoms with Crippen molar-refractivity contribution in [2.45, 2.75) is 6.10 Å². The van der Waals surface area contributed by atoms with E-state index in [-0.39, 0.29) is 6.54 Å². The van der Waals surface area contributed by atoms with Crippen LogP contribution in [0, 0.1) is 0 Å². The van der Waals surface area contributed by atoms with Crippen molar-refractivity contribution in [3.63, 3.8) is 0 Å². The summed E-state index contributed by atoms with van der Waals surface area (Å²) in [6, 6.07) is 1.74. The van der Waals surface area contributed by atoms with Crippen LogP contribution < -0.4 is 10.6 Å². The smallest absolute Gasteiger partial charge is 0.108 e. The minimum atomic E-state index is -0.731. The van der Waals surface area contributed by atoms with Crippen LogP contribution in [0.25, 0.3) is 0 Å². The van der Waals surface area contributed by atoms with Crippen molar-refractivity contribution in [1.29, 1.82) is 0 Å². The highest BCUT2D eigenvalue weighted by molar-refractivity contribution is 6.33. The van der Waals surface area contributed by atoms with Gasteiger partial charge in [-0.2, -0.15) is 0 Å². The van der Waals surface area contributed by atoms with E-state index in [0.29, 0.717) is 10.7 Å². The minimum Gasteiger partial charge on any atom is -0.385 e. The number of rotatable bonds is 3. The van der Waals surface area contributed by atoms with Crippen molar-refractivity contribution >= 4 is 17.3 Å². The first kappa shape index (κ1) is 11.2. The van der Waals surface area contributed by atoms with Gasteiger partial charge in [0, 0.05) is 26.8 Å². The molecule has 0 amide bonds. The third kappa shape index (κ3) is 2.35. The Labute approximate surface area is 88.3 Å². The van der Waals surface area contributed by atoms with Crippen molar-refractivity contribution in [3.05, 3.63) is 23.0 Å². The van der Waals surface area contributed by atoms with Gasteiger partial charge in [0.15, 0.2) is 0 Å². The van der Waals surface area contributed by atoms with E-state index in [2.05, 4.69) is 4.98 Å². The zero-order valence-corrected chi connectivity index (χ0v) is 8.99. The Balaban J connectivity index is 3.06. The number of hydrogen-bond donors (Lipinski definition) is 2. The SMILES string of the molecule is CN(C)c1cc(C(O)CN)ncc1Cl. The third-order valence-electron chi connectivity index (χ3n) is 1.90. The molecule has 0 aromatic carbocycles. The molecule has 0 radical (unpaired) electrons. The van der Waals surface area contributed by atoms with E-state index in [9.17, 15) is 5.11 Å². The van der Waals surface area contributed by atoms with Crippen molar-refractivity contribution in [1.82, 2.24) is 4.98 Å². The first-order chi connectivity index (χ1) is 6.56. The number of halogens is 1.